The Morgan fingerprint density at radius 1 is 1.79 bits per heavy atom. The van der Waals surface area contributed by atoms with Crippen LogP contribution in [-0.2, 0) is 0 Å². The molecular formula is C8H9N3O2S. The van der Waals surface area contributed by atoms with Crippen LogP contribution >= 0.6 is 11.3 Å². The molecule has 74 valence electrons. The minimum Gasteiger partial charge on any atom is -0.346 e. The number of nitrogens with one attached hydrogen (secondary N) is 1. The highest BCUT2D eigenvalue weighted by molar-refractivity contribution is 7.18. The number of hydrogen-bond donors (Lipinski definition) is 1. The maximum Gasteiger partial charge on any atom is 0.345 e. The van der Waals surface area contributed by atoms with E-state index in [1.807, 2.05) is 0 Å². The van der Waals surface area contributed by atoms with Crippen LogP contribution in [-0.4, -0.2) is 15.4 Å². The first-order valence-corrected chi connectivity index (χ1v) is 4.62. The van der Waals surface area contributed by atoms with Crippen LogP contribution in [0.2, 0.25) is 0 Å². The van der Waals surface area contributed by atoms with Crippen LogP contribution in [0.25, 0.3) is 0 Å². The van der Waals surface area contributed by atoms with Gasteiger partial charge in [0.05, 0.1) is 10.5 Å². The number of nitrogens with zero attached hydrogens (tertiary/aromatic N) is 2. The monoisotopic (exact) mass is 211 g/mol. The molecule has 0 aliphatic carbocycles. The molecule has 5 nitrogen and oxygen atoms in total. The van der Waals surface area contributed by atoms with Gasteiger partial charge in [0.1, 0.15) is 6.20 Å². The minimum atomic E-state index is -0.550. The Kier molecular flexibility index (Phi) is 2.72. The highest BCUT2D eigenvalue weighted by Gasteiger charge is 2.18. The van der Waals surface area contributed by atoms with Crippen molar-refractivity contribution in [2.24, 2.45) is 0 Å². The maximum atomic E-state index is 10.4. The van der Waals surface area contributed by atoms with Gasteiger partial charge >= 0.3 is 5.00 Å². The molecule has 0 spiro atoms. The van der Waals surface area contributed by atoms with Gasteiger partial charge in [-0.1, -0.05) is 5.92 Å². The molecule has 14 heavy (non-hydrogen) atoms. The molecule has 0 unspecified atom stereocenters. The third kappa shape index (κ3) is 2.44. The summed E-state index contributed by atoms with van der Waals surface area (Å²) in [5.41, 5.74) is -0.550. The topological polar surface area (TPSA) is 68.1 Å². The summed E-state index contributed by atoms with van der Waals surface area (Å²) in [5.74, 6) is 2.51. The summed E-state index contributed by atoms with van der Waals surface area (Å²) in [4.78, 5) is 13.7. The molecule has 1 aromatic heterocycles. The van der Waals surface area contributed by atoms with Crippen molar-refractivity contribution in [3.05, 3.63) is 16.3 Å². The van der Waals surface area contributed by atoms with E-state index >= 15 is 0 Å². The van der Waals surface area contributed by atoms with Crippen LogP contribution in [0.3, 0.4) is 0 Å². The van der Waals surface area contributed by atoms with Crippen LogP contribution < -0.4 is 5.32 Å². The standard InChI is InChI=1S/C8H9N3O2S/c1-4-8(2,3)10-7-9-5-6(14-7)11(12)13/h1,5H,2-3H3,(H,9,10). The number of anilines is 1. The average Bonchev–Trinajstić information content (AvgIpc) is 2.52. The van der Waals surface area contributed by atoms with Crippen LogP contribution in [0.1, 0.15) is 13.8 Å². The highest BCUT2D eigenvalue weighted by atomic mass is 32.1. The van der Waals surface area contributed by atoms with Crippen molar-refractivity contribution in [1.82, 2.24) is 4.98 Å². The zero-order valence-electron chi connectivity index (χ0n) is 7.77. The zero-order chi connectivity index (χ0) is 10.8. The van der Waals surface area contributed by atoms with Crippen molar-refractivity contribution in [3.8, 4) is 12.3 Å². The van der Waals surface area contributed by atoms with Gasteiger partial charge in [-0.25, -0.2) is 4.98 Å². The second-order valence-electron chi connectivity index (χ2n) is 3.16. The number of terminal acetylenes is 1. The lowest BCUT2D eigenvalue weighted by Gasteiger charge is -2.17. The Morgan fingerprint density at radius 3 is 2.86 bits per heavy atom. The predicted octanol–water partition coefficient (Wildman–Crippen LogP) is 1.87. The van der Waals surface area contributed by atoms with E-state index in [1.165, 1.54) is 6.20 Å². The molecule has 1 N–H and O–H groups in total. The third-order valence-corrected chi connectivity index (χ3v) is 2.32. The van der Waals surface area contributed by atoms with E-state index in [4.69, 9.17) is 6.42 Å². The molecule has 1 aromatic rings. The molecule has 0 radical (unpaired) electrons. The molecule has 0 aliphatic heterocycles. The summed E-state index contributed by atoms with van der Waals surface area (Å²) < 4.78 is 0. The van der Waals surface area contributed by atoms with Gasteiger partial charge in [0, 0.05) is 0 Å². The molecule has 1 heterocycles. The van der Waals surface area contributed by atoms with Crippen molar-refractivity contribution >= 4 is 21.5 Å². The van der Waals surface area contributed by atoms with E-state index in [2.05, 4.69) is 16.2 Å². The molecule has 6 heteroatoms. The van der Waals surface area contributed by atoms with Crippen molar-refractivity contribution in [3.63, 3.8) is 0 Å². The Bertz CT molecular complexity index is 392. The first-order chi connectivity index (χ1) is 6.44. The highest BCUT2D eigenvalue weighted by Crippen LogP contribution is 2.26. The van der Waals surface area contributed by atoms with Gasteiger partial charge in [-0.15, -0.1) is 6.42 Å². The summed E-state index contributed by atoms with van der Waals surface area (Å²) >= 11 is 0.966. The predicted molar refractivity (Wildman–Crippen MR) is 55.3 cm³/mol. The van der Waals surface area contributed by atoms with Gasteiger partial charge < -0.3 is 5.32 Å². The maximum absolute atomic E-state index is 10.4. The van der Waals surface area contributed by atoms with E-state index in [1.54, 1.807) is 13.8 Å². The second-order valence-corrected chi connectivity index (χ2v) is 4.16. The lowest BCUT2D eigenvalue weighted by atomic mass is 10.1. The summed E-state index contributed by atoms with van der Waals surface area (Å²) in [6.07, 6.45) is 6.46. The minimum absolute atomic E-state index is 0.000298. The first kappa shape index (κ1) is 10.5. The molecular weight excluding hydrogens is 202 g/mol. The summed E-state index contributed by atoms with van der Waals surface area (Å²) in [5, 5.41) is 13.7. The molecule has 0 aliphatic rings. The molecule has 0 atom stereocenters. The fourth-order valence-corrected chi connectivity index (χ4v) is 1.50. The van der Waals surface area contributed by atoms with Crippen LogP contribution in [0.5, 0.6) is 0 Å². The van der Waals surface area contributed by atoms with Crippen LogP contribution in [0.4, 0.5) is 10.1 Å². The van der Waals surface area contributed by atoms with E-state index < -0.39 is 10.5 Å². The van der Waals surface area contributed by atoms with Gasteiger partial charge in [-0.05, 0) is 25.2 Å². The molecule has 0 bridgehead atoms. The van der Waals surface area contributed by atoms with Gasteiger partial charge in [-0.3, -0.25) is 10.1 Å². The molecule has 0 saturated carbocycles. The molecule has 0 amide bonds. The third-order valence-electron chi connectivity index (χ3n) is 1.45. The quantitative estimate of drug-likeness (QED) is 0.471. The second kappa shape index (κ2) is 3.64. The Labute approximate surface area is 85.3 Å². The molecule has 0 aromatic carbocycles. The fourth-order valence-electron chi connectivity index (χ4n) is 0.711. The molecule has 0 saturated heterocycles. The lowest BCUT2D eigenvalue weighted by Crippen LogP contribution is -2.28. The van der Waals surface area contributed by atoms with Crippen LogP contribution in [0, 0.1) is 22.5 Å². The number of nitro groups is 1. The SMILES string of the molecule is C#CC(C)(C)Nc1ncc([N+](=O)[O-])s1. The first-order valence-electron chi connectivity index (χ1n) is 3.81. The van der Waals surface area contributed by atoms with Gasteiger partial charge in [0.25, 0.3) is 0 Å². The summed E-state index contributed by atoms with van der Waals surface area (Å²) in [6, 6.07) is 0. The van der Waals surface area contributed by atoms with Crippen molar-refractivity contribution in [1.29, 1.82) is 0 Å². The number of rotatable bonds is 3. The molecule has 1 rings (SSSR count). The van der Waals surface area contributed by atoms with E-state index in [-0.39, 0.29) is 5.00 Å². The zero-order valence-corrected chi connectivity index (χ0v) is 8.59. The van der Waals surface area contributed by atoms with Crippen LogP contribution in [0.15, 0.2) is 6.20 Å². The van der Waals surface area contributed by atoms with E-state index in [0.717, 1.165) is 11.3 Å². The molecule has 0 fully saturated rings. The number of thiazole rings is 1. The van der Waals surface area contributed by atoms with E-state index in [0.29, 0.717) is 5.13 Å². The van der Waals surface area contributed by atoms with Crippen molar-refractivity contribution in [2.45, 2.75) is 19.4 Å². The van der Waals surface area contributed by atoms with Crippen molar-refractivity contribution in [2.75, 3.05) is 5.32 Å². The summed E-state index contributed by atoms with van der Waals surface area (Å²) in [7, 11) is 0. The Morgan fingerprint density at radius 2 is 2.43 bits per heavy atom. The van der Waals surface area contributed by atoms with E-state index in [9.17, 15) is 10.1 Å². The van der Waals surface area contributed by atoms with Gasteiger partial charge in [0.2, 0.25) is 0 Å². The summed E-state index contributed by atoms with van der Waals surface area (Å²) in [6.45, 7) is 3.58. The largest absolute Gasteiger partial charge is 0.346 e. The normalized spacial score (nSPS) is 10.6. The average molecular weight is 211 g/mol. The lowest BCUT2D eigenvalue weighted by molar-refractivity contribution is -0.380. The Balaban J connectivity index is 2.80. The number of aromatic nitrogens is 1. The fraction of sp³-hybridized carbons (Fsp3) is 0.375. The Hall–Kier alpha value is -1.61. The number of hydrogen-bond acceptors (Lipinski definition) is 5. The van der Waals surface area contributed by atoms with Gasteiger partial charge in [0.15, 0.2) is 5.13 Å². The van der Waals surface area contributed by atoms with Crippen molar-refractivity contribution < 1.29 is 4.92 Å². The smallest absolute Gasteiger partial charge is 0.345 e. The van der Waals surface area contributed by atoms with Gasteiger partial charge in [-0.2, -0.15) is 0 Å².